The normalized spacial score (nSPS) is 11.8. The van der Waals surface area contributed by atoms with Crippen molar-refractivity contribution >= 4 is 68.4 Å². The average molecular weight is 453 g/mol. The van der Waals surface area contributed by atoms with E-state index in [9.17, 15) is 4.79 Å². The van der Waals surface area contributed by atoms with Gasteiger partial charge in [0, 0.05) is 22.7 Å². The second-order valence-electron chi connectivity index (χ2n) is 4.28. The van der Waals surface area contributed by atoms with E-state index >= 15 is 0 Å². The Morgan fingerprint density at radius 1 is 1.43 bits per heavy atom. The zero-order valence-corrected chi connectivity index (χ0v) is 15.0. The Labute approximate surface area is 144 Å². The standard InChI is InChI=1S/C12H8Cl2IN4OP/c13-7-2-1-6-8(5-3-17-19(4-5)21-15)11(12(16)20)18-10(6)9(7)14/h1-4,18,21H,(H2,16,20). The lowest BCUT2D eigenvalue weighted by atomic mass is 10.1. The molecule has 3 N–H and O–H groups in total. The molecule has 0 radical (unpaired) electrons. The minimum absolute atomic E-state index is 0.297. The van der Waals surface area contributed by atoms with Gasteiger partial charge < -0.3 is 10.7 Å². The number of H-pyrrole nitrogens is 1. The van der Waals surface area contributed by atoms with Crippen LogP contribution in [-0.2, 0) is 0 Å². The van der Waals surface area contributed by atoms with Gasteiger partial charge in [-0.05, 0) is 28.1 Å². The highest BCUT2D eigenvalue weighted by molar-refractivity contribution is 14.2. The van der Waals surface area contributed by atoms with Gasteiger partial charge in [0.05, 0.1) is 28.1 Å². The van der Waals surface area contributed by atoms with Crippen molar-refractivity contribution in [1.82, 2.24) is 14.5 Å². The number of primary amides is 1. The molecule has 5 nitrogen and oxygen atoms in total. The number of hydrogen-bond donors (Lipinski definition) is 2. The quantitative estimate of drug-likeness (QED) is 0.461. The van der Waals surface area contributed by atoms with Crippen molar-refractivity contribution in [3.8, 4) is 11.1 Å². The number of carbonyl (C=O) groups is 1. The minimum atomic E-state index is -0.557. The summed E-state index contributed by atoms with van der Waals surface area (Å²) in [4.78, 5) is 14.7. The van der Waals surface area contributed by atoms with Crippen LogP contribution < -0.4 is 5.73 Å². The second kappa shape index (κ2) is 5.76. The topological polar surface area (TPSA) is 76.7 Å². The molecule has 0 saturated heterocycles. The summed E-state index contributed by atoms with van der Waals surface area (Å²) in [5.74, 6) is -0.557. The van der Waals surface area contributed by atoms with Gasteiger partial charge in [-0.3, -0.25) is 4.79 Å². The number of aromatic amines is 1. The summed E-state index contributed by atoms with van der Waals surface area (Å²) < 4.78 is 1.79. The summed E-state index contributed by atoms with van der Waals surface area (Å²) in [6.07, 6.45) is 4.03. The van der Waals surface area contributed by atoms with E-state index in [2.05, 4.69) is 32.1 Å². The number of carbonyl (C=O) groups excluding carboxylic acids is 1. The molecule has 0 aliphatic carbocycles. The monoisotopic (exact) mass is 452 g/mol. The SMILES string of the molecule is NC(=O)c1[nH]c2c(Cl)c(Cl)ccc2c1-c1cnn(PI)c1. The maximum Gasteiger partial charge on any atom is 0.265 e. The number of aromatic nitrogens is 3. The van der Waals surface area contributed by atoms with Crippen LogP contribution >= 0.6 is 51.6 Å². The van der Waals surface area contributed by atoms with Crippen molar-refractivity contribution < 1.29 is 4.79 Å². The van der Waals surface area contributed by atoms with Crippen molar-refractivity contribution in [3.05, 3.63) is 40.3 Å². The van der Waals surface area contributed by atoms with Crippen LogP contribution in [0.2, 0.25) is 10.0 Å². The zero-order valence-electron chi connectivity index (χ0n) is 10.3. The van der Waals surface area contributed by atoms with Crippen molar-refractivity contribution in [2.75, 3.05) is 0 Å². The highest BCUT2D eigenvalue weighted by Gasteiger charge is 2.20. The van der Waals surface area contributed by atoms with Crippen molar-refractivity contribution in [2.24, 2.45) is 5.73 Å². The maximum absolute atomic E-state index is 11.7. The van der Waals surface area contributed by atoms with Gasteiger partial charge in [0.15, 0.2) is 0 Å². The van der Waals surface area contributed by atoms with Gasteiger partial charge in [-0.15, -0.1) is 0 Å². The Bertz CT molecular complexity index is 860. The molecule has 1 atom stereocenters. The Morgan fingerprint density at radius 3 is 2.81 bits per heavy atom. The number of nitrogens with one attached hydrogen (secondary N) is 1. The molecule has 2 heterocycles. The fourth-order valence-corrected chi connectivity index (χ4v) is 3.64. The van der Waals surface area contributed by atoms with Crippen molar-refractivity contribution in [3.63, 3.8) is 0 Å². The van der Waals surface area contributed by atoms with E-state index in [4.69, 9.17) is 28.9 Å². The second-order valence-corrected chi connectivity index (χ2v) is 7.14. The molecule has 1 aromatic carbocycles. The van der Waals surface area contributed by atoms with Gasteiger partial charge >= 0.3 is 0 Å². The minimum Gasteiger partial charge on any atom is -0.364 e. The largest absolute Gasteiger partial charge is 0.364 e. The fraction of sp³-hybridized carbons (Fsp3) is 0. The molecule has 0 saturated carbocycles. The number of nitrogens with zero attached hydrogens (tertiary/aromatic N) is 2. The van der Waals surface area contributed by atoms with E-state index in [1.807, 2.05) is 12.3 Å². The van der Waals surface area contributed by atoms with E-state index in [1.54, 1.807) is 16.7 Å². The molecule has 9 heteroatoms. The Hall–Kier alpha value is -0.820. The molecule has 3 aromatic rings. The molecule has 108 valence electrons. The summed E-state index contributed by atoms with van der Waals surface area (Å²) in [5.41, 5.74) is 7.86. The molecule has 0 spiro atoms. The smallest absolute Gasteiger partial charge is 0.265 e. The first-order valence-electron chi connectivity index (χ1n) is 5.74. The first kappa shape index (κ1) is 15.1. The molecule has 0 aliphatic rings. The first-order chi connectivity index (χ1) is 10.0. The molecule has 1 unspecified atom stereocenters. The van der Waals surface area contributed by atoms with Gasteiger partial charge in [-0.1, -0.05) is 29.3 Å². The lowest BCUT2D eigenvalue weighted by molar-refractivity contribution is 0.0997. The number of fused-ring (bicyclic) bond motifs is 1. The number of halogens is 3. The molecular formula is C12H8Cl2IN4OP. The van der Waals surface area contributed by atoms with Crippen molar-refractivity contribution in [2.45, 2.75) is 0 Å². The molecule has 21 heavy (non-hydrogen) atoms. The van der Waals surface area contributed by atoms with Gasteiger partial charge in [0.25, 0.3) is 5.91 Å². The number of benzene rings is 1. The molecule has 0 aliphatic heterocycles. The zero-order chi connectivity index (χ0) is 15.1. The predicted molar refractivity (Wildman–Crippen MR) is 95.8 cm³/mol. The molecule has 3 rings (SSSR count). The lowest BCUT2D eigenvalue weighted by Crippen LogP contribution is -2.12. The highest BCUT2D eigenvalue weighted by atomic mass is 127. The van der Waals surface area contributed by atoms with Crippen LogP contribution in [0, 0.1) is 0 Å². The average Bonchev–Trinajstić information content (AvgIpc) is 3.06. The van der Waals surface area contributed by atoms with Crippen LogP contribution in [0.25, 0.3) is 22.0 Å². The number of rotatable bonds is 3. The van der Waals surface area contributed by atoms with Crippen molar-refractivity contribution in [1.29, 1.82) is 0 Å². The summed E-state index contributed by atoms with van der Waals surface area (Å²) in [5, 5.41) is 5.80. The van der Waals surface area contributed by atoms with E-state index in [1.165, 1.54) is 0 Å². The Morgan fingerprint density at radius 2 is 2.19 bits per heavy atom. The summed E-state index contributed by atoms with van der Waals surface area (Å²) in [6.45, 7) is 0. The summed E-state index contributed by atoms with van der Waals surface area (Å²) in [7, 11) is 0. The fourth-order valence-electron chi connectivity index (χ4n) is 2.19. The Balaban J connectivity index is 2.36. The van der Waals surface area contributed by atoms with E-state index < -0.39 is 5.91 Å². The molecule has 0 fully saturated rings. The van der Waals surface area contributed by atoms with E-state index in [0.29, 0.717) is 33.2 Å². The van der Waals surface area contributed by atoms with Crippen LogP contribution in [0.1, 0.15) is 10.5 Å². The van der Waals surface area contributed by atoms with Crippen LogP contribution in [0.3, 0.4) is 0 Å². The summed E-state index contributed by atoms with van der Waals surface area (Å²) >= 11 is 14.4. The van der Waals surface area contributed by atoms with Crippen LogP contribution in [0.15, 0.2) is 24.5 Å². The van der Waals surface area contributed by atoms with Crippen LogP contribution in [0.4, 0.5) is 0 Å². The van der Waals surface area contributed by atoms with Crippen LogP contribution in [0.5, 0.6) is 0 Å². The van der Waals surface area contributed by atoms with Gasteiger partial charge in [-0.2, -0.15) is 5.10 Å². The van der Waals surface area contributed by atoms with Gasteiger partial charge in [0.1, 0.15) is 5.69 Å². The molecule has 0 bridgehead atoms. The first-order valence-corrected chi connectivity index (χ1v) is 10.6. The molecular weight excluding hydrogens is 445 g/mol. The lowest BCUT2D eigenvalue weighted by Gasteiger charge is -1.99. The van der Waals surface area contributed by atoms with E-state index in [0.717, 1.165) is 10.9 Å². The third-order valence-corrected chi connectivity index (χ3v) is 5.77. The summed E-state index contributed by atoms with van der Waals surface area (Å²) in [6, 6.07) is 3.50. The van der Waals surface area contributed by atoms with Gasteiger partial charge in [0.2, 0.25) is 0 Å². The highest BCUT2D eigenvalue weighted by Crippen LogP contribution is 2.39. The predicted octanol–water partition coefficient (Wildman–Crippen LogP) is 4.23. The number of amides is 1. The Kier molecular flexibility index (Phi) is 4.14. The van der Waals surface area contributed by atoms with Crippen LogP contribution in [-0.4, -0.2) is 20.4 Å². The molecule has 1 amide bonds. The molecule has 2 aromatic heterocycles. The number of nitrogens with two attached hydrogens (primary N) is 1. The maximum atomic E-state index is 11.7. The number of hydrogen-bond acceptors (Lipinski definition) is 2. The third-order valence-electron chi connectivity index (χ3n) is 3.07. The van der Waals surface area contributed by atoms with Gasteiger partial charge in [-0.25, -0.2) is 4.45 Å². The third kappa shape index (κ3) is 2.54. The van der Waals surface area contributed by atoms with E-state index in [-0.39, 0.29) is 0 Å².